The monoisotopic (exact) mass is 393 g/mol. The van der Waals surface area contributed by atoms with Crippen molar-refractivity contribution in [2.24, 2.45) is 5.10 Å². The number of nitrogens with zero attached hydrogens (tertiary/aromatic N) is 3. The van der Waals surface area contributed by atoms with Crippen LogP contribution in [0.1, 0.15) is 33.4 Å². The van der Waals surface area contributed by atoms with Crippen LogP contribution in [0.5, 0.6) is 0 Å². The lowest BCUT2D eigenvalue weighted by Crippen LogP contribution is -2.21. The number of hydrogen-bond donors (Lipinski definition) is 2. The molecule has 3 N–H and O–H groups in total. The van der Waals surface area contributed by atoms with Crippen molar-refractivity contribution in [3.8, 4) is 0 Å². The van der Waals surface area contributed by atoms with Gasteiger partial charge in [0.1, 0.15) is 4.88 Å². The van der Waals surface area contributed by atoms with E-state index < -0.39 is 0 Å². The van der Waals surface area contributed by atoms with E-state index in [1.165, 1.54) is 5.56 Å². The first-order chi connectivity index (χ1) is 13.6. The number of benzene rings is 2. The number of amides is 1. The number of hydrazone groups is 1. The summed E-state index contributed by atoms with van der Waals surface area (Å²) >= 11 is 1.15. The Bertz CT molecular complexity index is 951. The van der Waals surface area contributed by atoms with Crippen LogP contribution in [0.4, 0.5) is 10.8 Å². The number of nitrogens with one attached hydrogen (secondary N) is 1. The molecule has 0 fully saturated rings. The van der Waals surface area contributed by atoms with E-state index in [9.17, 15) is 4.79 Å². The third-order valence-corrected chi connectivity index (χ3v) is 5.24. The first-order valence-corrected chi connectivity index (χ1v) is 9.83. The predicted molar refractivity (Wildman–Crippen MR) is 116 cm³/mol. The SMILES string of the molecule is CCN(Cc1ccccc1)c1ccc(/C=N\NC(=O)c2sc(N)nc2C)cc1. The van der Waals surface area contributed by atoms with Gasteiger partial charge in [0.15, 0.2) is 5.13 Å². The molecule has 28 heavy (non-hydrogen) atoms. The number of carbonyl (C=O) groups is 1. The standard InChI is InChI=1S/C21H23N5OS/c1-3-26(14-17-7-5-4-6-8-17)18-11-9-16(10-12-18)13-23-25-20(27)19-15(2)24-21(22)28-19/h4-13H,3,14H2,1-2H3,(H2,22,24)(H,25,27)/b23-13-. The number of rotatable bonds is 7. The molecule has 3 aromatic rings. The second-order valence-electron chi connectivity index (χ2n) is 6.26. The molecule has 0 bridgehead atoms. The van der Waals surface area contributed by atoms with Crippen molar-refractivity contribution in [2.45, 2.75) is 20.4 Å². The highest BCUT2D eigenvalue weighted by Crippen LogP contribution is 2.19. The highest BCUT2D eigenvalue weighted by atomic mass is 32.1. The van der Waals surface area contributed by atoms with Gasteiger partial charge in [-0.1, -0.05) is 53.8 Å². The number of nitrogen functional groups attached to an aromatic ring is 1. The Morgan fingerprint density at radius 1 is 1.21 bits per heavy atom. The topological polar surface area (TPSA) is 83.6 Å². The second-order valence-corrected chi connectivity index (χ2v) is 7.29. The fourth-order valence-corrected chi connectivity index (χ4v) is 3.53. The minimum absolute atomic E-state index is 0.306. The number of carbonyl (C=O) groups excluding carboxylic acids is 1. The third-order valence-electron chi connectivity index (χ3n) is 4.26. The van der Waals surface area contributed by atoms with Gasteiger partial charge in [0.05, 0.1) is 11.9 Å². The summed E-state index contributed by atoms with van der Waals surface area (Å²) in [5.74, 6) is -0.306. The first kappa shape index (κ1) is 19.6. The van der Waals surface area contributed by atoms with E-state index in [1.54, 1.807) is 13.1 Å². The van der Waals surface area contributed by atoms with E-state index >= 15 is 0 Å². The second kappa shape index (κ2) is 9.14. The Morgan fingerprint density at radius 3 is 2.54 bits per heavy atom. The molecule has 1 heterocycles. The average molecular weight is 394 g/mol. The molecule has 0 saturated heterocycles. The summed E-state index contributed by atoms with van der Waals surface area (Å²) in [5, 5.41) is 4.40. The van der Waals surface area contributed by atoms with Gasteiger partial charge in [0, 0.05) is 18.8 Å². The summed E-state index contributed by atoms with van der Waals surface area (Å²) in [6.45, 7) is 5.66. The largest absolute Gasteiger partial charge is 0.375 e. The van der Waals surface area contributed by atoms with Crippen molar-refractivity contribution in [3.05, 3.63) is 76.3 Å². The number of hydrogen-bond acceptors (Lipinski definition) is 6. The Balaban J connectivity index is 1.61. The first-order valence-electron chi connectivity index (χ1n) is 9.02. The summed E-state index contributed by atoms with van der Waals surface area (Å²) in [6, 6.07) is 18.5. The maximum Gasteiger partial charge on any atom is 0.283 e. The van der Waals surface area contributed by atoms with Gasteiger partial charge in [-0.15, -0.1) is 0 Å². The molecule has 0 radical (unpaired) electrons. The molecule has 0 unspecified atom stereocenters. The van der Waals surface area contributed by atoms with Crippen molar-refractivity contribution in [1.29, 1.82) is 0 Å². The number of thiazole rings is 1. The Labute approximate surface area is 168 Å². The Morgan fingerprint density at radius 2 is 1.93 bits per heavy atom. The molecule has 0 saturated carbocycles. The predicted octanol–water partition coefficient (Wildman–Crippen LogP) is 3.82. The molecule has 144 valence electrons. The molecule has 0 atom stereocenters. The molecule has 1 aromatic heterocycles. The van der Waals surface area contributed by atoms with Gasteiger partial charge < -0.3 is 10.6 Å². The lowest BCUT2D eigenvalue weighted by atomic mass is 10.1. The van der Waals surface area contributed by atoms with Gasteiger partial charge in [-0.2, -0.15) is 5.10 Å². The normalized spacial score (nSPS) is 10.9. The van der Waals surface area contributed by atoms with E-state index in [0.717, 1.165) is 35.7 Å². The fraction of sp³-hybridized carbons (Fsp3) is 0.190. The van der Waals surface area contributed by atoms with Crippen molar-refractivity contribution in [3.63, 3.8) is 0 Å². The van der Waals surface area contributed by atoms with E-state index in [2.05, 4.69) is 63.7 Å². The van der Waals surface area contributed by atoms with Crippen LogP contribution < -0.4 is 16.1 Å². The average Bonchev–Trinajstić information content (AvgIpc) is 3.05. The van der Waals surface area contributed by atoms with Gasteiger partial charge in [-0.05, 0) is 37.1 Å². The fourth-order valence-electron chi connectivity index (χ4n) is 2.80. The van der Waals surface area contributed by atoms with Crippen LogP contribution in [0.2, 0.25) is 0 Å². The van der Waals surface area contributed by atoms with Crippen LogP contribution in [0.15, 0.2) is 59.7 Å². The van der Waals surface area contributed by atoms with E-state index in [4.69, 9.17) is 5.73 Å². The summed E-state index contributed by atoms with van der Waals surface area (Å²) in [6.07, 6.45) is 1.62. The number of nitrogens with two attached hydrogens (primary N) is 1. The molecule has 1 amide bonds. The van der Waals surface area contributed by atoms with Crippen LogP contribution in [0.3, 0.4) is 0 Å². The van der Waals surface area contributed by atoms with Crippen LogP contribution in [-0.2, 0) is 6.54 Å². The lowest BCUT2D eigenvalue weighted by Gasteiger charge is -2.23. The van der Waals surface area contributed by atoms with Crippen LogP contribution in [0, 0.1) is 6.92 Å². The van der Waals surface area contributed by atoms with Gasteiger partial charge >= 0.3 is 0 Å². The molecule has 6 nitrogen and oxygen atoms in total. The van der Waals surface area contributed by atoms with Crippen LogP contribution in [0.25, 0.3) is 0 Å². The zero-order chi connectivity index (χ0) is 19.9. The summed E-state index contributed by atoms with van der Waals surface area (Å²) in [7, 11) is 0. The molecule has 3 rings (SSSR count). The highest BCUT2D eigenvalue weighted by Gasteiger charge is 2.13. The zero-order valence-corrected chi connectivity index (χ0v) is 16.7. The molecular weight excluding hydrogens is 370 g/mol. The highest BCUT2D eigenvalue weighted by molar-refractivity contribution is 7.17. The Hall–Kier alpha value is -3.19. The molecule has 0 aliphatic carbocycles. The van der Waals surface area contributed by atoms with Gasteiger partial charge in [0.2, 0.25) is 0 Å². The molecule has 0 aliphatic rings. The Kier molecular flexibility index (Phi) is 6.39. The summed E-state index contributed by atoms with van der Waals surface area (Å²) < 4.78 is 0. The van der Waals surface area contributed by atoms with E-state index in [1.807, 2.05) is 18.2 Å². The van der Waals surface area contributed by atoms with Crippen molar-refractivity contribution >= 4 is 34.3 Å². The molecule has 2 aromatic carbocycles. The number of aromatic nitrogens is 1. The summed E-state index contributed by atoms with van der Waals surface area (Å²) in [5.41, 5.74) is 12.1. The maximum absolute atomic E-state index is 12.1. The van der Waals surface area contributed by atoms with Gasteiger partial charge in [0.25, 0.3) is 5.91 Å². The van der Waals surface area contributed by atoms with Gasteiger partial charge in [-0.25, -0.2) is 10.4 Å². The molecule has 0 spiro atoms. The molecule has 7 heteroatoms. The molecular formula is C21H23N5OS. The van der Waals surface area contributed by atoms with Crippen molar-refractivity contribution in [2.75, 3.05) is 17.2 Å². The van der Waals surface area contributed by atoms with E-state index in [0.29, 0.717) is 15.7 Å². The maximum atomic E-state index is 12.1. The smallest absolute Gasteiger partial charge is 0.283 e. The minimum Gasteiger partial charge on any atom is -0.375 e. The van der Waals surface area contributed by atoms with Gasteiger partial charge in [-0.3, -0.25) is 4.79 Å². The molecule has 0 aliphatic heterocycles. The lowest BCUT2D eigenvalue weighted by molar-refractivity contribution is 0.0958. The minimum atomic E-state index is -0.306. The van der Waals surface area contributed by atoms with Crippen molar-refractivity contribution in [1.82, 2.24) is 10.4 Å². The quantitative estimate of drug-likeness (QED) is 0.472. The van der Waals surface area contributed by atoms with Crippen LogP contribution in [-0.4, -0.2) is 23.7 Å². The van der Waals surface area contributed by atoms with Crippen molar-refractivity contribution < 1.29 is 4.79 Å². The number of anilines is 2. The van der Waals surface area contributed by atoms with E-state index in [-0.39, 0.29) is 5.91 Å². The third kappa shape index (κ3) is 4.95. The summed E-state index contributed by atoms with van der Waals surface area (Å²) in [4.78, 5) is 18.9. The number of aryl methyl sites for hydroxylation is 1. The van der Waals surface area contributed by atoms with Crippen LogP contribution >= 0.6 is 11.3 Å². The zero-order valence-electron chi connectivity index (χ0n) is 15.9.